The highest BCUT2D eigenvalue weighted by Gasteiger charge is 2.55. The zero-order valence-corrected chi connectivity index (χ0v) is 19.9. The third-order valence-electron chi connectivity index (χ3n) is 5.14. The molecule has 34 heavy (non-hydrogen) atoms. The molecule has 0 radical (unpaired) electrons. The summed E-state index contributed by atoms with van der Waals surface area (Å²) >= 11 is 2.45. The van der Waals surface area contributed by atoms with E-state index in [4.69, 9.17) is 0 Å². The average molecular weight is 527 g/mol. The zero-order chi connectivity index (χ0) is 24.6. The molecule has 1 aromatic carbocycles. The van der Waals surface area contributed by atoms with Gasteiger partial charge in [0.2, 0.25) is 11.1 Å². The van der Waals surface area contributed by atoms with Crippen molar-refractivity contribution >= 4 is 51.4 Å². The number of carboxylic acid groups (broad SMARTS) is 1. The molecular weight excluding hydrogens is 508 g/mol. The van der Waals surface area contributed by atoms with Crippen molar-refractivity contribution in [3.8, 4) is 0 Å². The third kappa shape index (κ3) is 4.53. The van der Waals surface area contributed by atoms with E-state index >= 15 is 0 Å². The van der Waals surface area contributed by atoms with Crippen molar-refractivity contribution in [2.45, 2.75) is 21.8 Å². The SMILES string of the molecule is Cn1nnnc1SCC1=C(C(=O)O)N2C(=O)C(NC(=O)C(c3ccccc3)S(=O)(=O)O)[C@@H]2SC1. The van der Waals surface area contributed by atoms with Crippen LogP contribution in [0.1, 0.15) is 10.8 Å². The molecule has 0 saturated carbocycles. The molecule has 1 aromatic heterocycles. The summed E-state index contributed by atoms with van der Waals surface area (Å²) in [5, 5.41) is 21.0. The molecule has 2 unspecified atom stereocenters. The Morgan fingerprint density at radius 3 is 2.62 bits per heavy atom. The van der Waals surface area contributed by atoms with Crippen LogP contribution in [0, 0.1) is 0 Å². The van der Waals surface area contributed by atoms with E-state index in [-0.39, 0.29) is 22.8 Å². The van der Waals surface area contributed by atoms with Crippen LogP contribution in [0.2, 0.25) is 0 Å². The summed E-state index contributed by atoms with van der Waals surface area (Å²) in [4.78, 5) is 38.7. The first-order chi connectivity index (χ1) is 16.1. The number of nitrogens with one attached hydrogen (secondary N) is 1. The number of aliphatic carboxylic acids is 1. The fourth-order valence-electron chi connectivity index (χ4n) is 3.60. The standard InChI is InChI=1S/C18H18N6O7S3/c1-23-18(20-21-22-23)33-8-10-7-32-16-11(15(26)24(16)12(10)17(27)28)19-14(25)13(34(29,30)31)9-5-3-2-4-6-9/h2-6,11,13,16H,7-8H2,1H3,(H,19,25)(H,27,28)(H,29,30,31)/t11?,13?,16-/m0/s1. The smallest absolute Gasteiger partial charge is 0.352 e. The number of nitrogens with zero attached hydrogens (tertiary/aromatic N) is 5. The van der Waals surface area contributed by atoms with Gasteiger partial charge in [-0.15, -0.1) is 16.9 Å². The van der Waals surface area contributed by atoms with Gasteiger partial charge in [-0.3, -0.25) is 19.0 Å². The number of hydrogen-bond donors (Lipinski definition) is 3. The topological polar surface area (TPSA) is 185 Å². The van der Waals surface area contributed by atoms with Gasteiger partial charge in [0, 0.05) is 18.6 Å². The molecule has 0 bridgehead atoms. The maximum atomic E-state index is 12.8. The second kappa shape index (κ2) is 9.36. The molecule has 180 valence electrons. The number of benzene rings is 1. The molecule has 2 aliphatic heterocycles. The molecule has 2 aromatic rings. The van der Waals surface area contributed by atoms with Gasteiger partial charge in [-0.1, -0.05) is 42.1 Å². The van der Waals surface area contributed by atoms with E-state index in [1.54, 1.807) is 13.1 Å². The molecule has 0 aliphatic carbocycles. The molecule has 3 N–H and O–H groups in total. The van der Waals surface area contributed by atoms with Crippen LogP contribution >= 0.6 is 23.5 Å². The number of hydrogen-bond acceptors (Lipinski definition) is 10. The van der Waals surface area contributed by atoms with E-state index in [2.05, 4.69) is 20.8 Å². The second-order valence-electron chi connectivity index (χ2n) is 7.33. The van der Waals surface area contributed by atoms with E-state index in [1.165, 1.54) is 52.5 Å². The van der Waals surface area contributed by atoms with Gasteiger partial charge in [0.15, 0.2) is 5.25 Å². The predicted octanol–water partition coefficient (Wildman–Crippen LogP) is -0.330. The number of β-lactam (4-membered cyclic amide) rings is 1. The molecule has 3 atom stereocenters. The average Bonchev–Trinajstić information content (AvgIpc) is 3.19. The summed E-state index contributed by atoms with van der Waals surface area (Å²) in [7, 11) is -3.19. The Labute approximate surface area is 201 Å². The van der Waals surface area contributed by atoms with E-state index in [0.29, 0.717) is 10.7 Å². The number of fused-ring (bicyclic) bond motifs is 1. The normalized spacial score (nSPS) is 21.0. The van der Waals surface area contributed by atoms with Gasteiger partial charge in [-0.2, -0.15) is 8.42 Å². The fraction of sp³-hybridized carbons (Fsp3) is 0.333. The van der Waals surface area contributed by atoms with Gasteiger partial charge in [-0.05, 0) is 21.6 Å². The van der Waals surface area contributed by atoms with Crippen molar-refractivity contribution in [2.24, 2.45) is 7.05 Å². The van der Waals surface area contributed by atoms with Crippen LogP contribution in [0.4, 0.5) is 0 Å². The summed E-state index contributed by atoms with van der Waals surface area (Å²) in [6, 6.07) is 6.22. The number of thioether (sulfide) groups is 2. The lowest BCUT2D eigenvalue weighted by Gasteiger charge is -2.49. The lowest BCUT2D eigenvalue weighted by molar-refractivity contribution is -0.150. The number of amides is 2. The van der Waals surface area contributed by atoms with Crippen molar-refractivity contribution in [3.05, 3.63) is 47.2 Å². The maximum Gasteiger partial charge on any atom is 0.352 e. The van der Waals surface area contributed by atoms with Gasteiger partial charge in [-0.25, -0.2) is 9.48 Å². The highest BCUT2D eigenvalue weighted by Crippen LogP contribution is 2.41. The Kier molecular flexibility index (Phi) is 6.66. The number of carboxylic acids is 1. The Bertz CT molecular complexity index is 1280. The summed E-state index contributed by atoms with van der Waals surface area (Å²) in [6.45, 7) is 0. The van der Waals surface area contributed by atoms with Gasteiger partial charge in [0.05, 0.1) is 0 Å². The number of tetrazole rings is 1. The summed E-state index contributed by atoms with van der Waals surface area (Å²) in [5.41, 5.74) is 0.336. The first-order valence-electron chi connectivity index (χ1n) is 9.66. The van der Waals surface area contributed by atoms with Crippen LogP contribution in [-0.4, -0.2) is 83.9 Å². The first kappa shape index (κ1) is 24.2. The summed E-state index contributed by atoms with van der Waals surface area (Å²) in [6.07, 6.45) is 0. The summed E-state index contributed by atoms with van der Waals surface area (Å²) < 4.78 is 34.8. The lowest BCUT2D eigenvalue weighted by atomic mass is 10.0. The second-order valence-corrected chi connectivity index (χ2v) is 10.9. The zero-order valence-electron chi connectivity index (χ0n) is 17.4. The molecular formula is C18H18N6O7S3. The molecule has 2 aliphatic rings. The Morgan fingerprint density at radius 2 is 2.03 bits per heavy atom. The Hall–Kier alpha value is -2.95. The minimum Gasteiger partial charge on any atom is -0.477 e. The van der Waals surface area contributed by atoms with E-state index in [1.807, 2.05) is 0 Å². The van der Waals surface area contributed by atoms with Crippen LogP contribution in [0.5, 0.6) is 0 Å². The van der Waals surface area contributed by atoms with Gasteiger partial charge < -0.3 is 10.4 Å². The maximum absolute atomic E-state index is 12.8. The molecule has 2 amide bonds. The molecule has 0 spiro atoms. The van der Waals surface area contributed by atoms with Gasteiger partial charge in [0.1, 0.15) is 17.1 Å². The Morgan fingerprint density at radius 1 is 1.32 bits per heavy atom. The predicted molar refractivity (Wildman–Crippen MR) is 120 cm³/mol. The van der Waals surface area contributed by atoms with Crippen molar-refractivity contribution in [1.29, 1.82) is 0 Å². The number of aryl methyl sites for hydroxylation is 1. The van der Waals surface area contributed by atoms with Crippen LogP contribution in [0.15, 0.2) is 46.8 Å². The highest BCUT2D eigenvalue weighted by molar-refractivity contribution is 8.01. The largest absolute Gasteiger partial charge is 0.477 e. The van der Waals surface area contributed by atoms with E-state index in [9.17, 15) is 32.5 Å². The van der Waals surface area contributed by atoms with E-state index < -0.39 is 44.6 Å². The minimum absolute atomic E-state index is 0.0334. The number of carbonyl (C=O) groups excluding carboxylic acids is 2. The van der Waals surface area contributed by atoms with Crippen molar-refractivity contribution in [2.75, 3.05) is 11.5 Å². The van der Waals surface area contributed by atoms with Crippen LogP contribution in [0.3, 0.4) is 0 Å². The molecule has 1 fully saturated rings. The lowest BCUT2D eigenvalue weighted by Crippen LogP contribution is -2.71. The van der Waals surface area contributed by atoms with E-state index in [0.717, 1.165) is 4.90 Å². The monoisotopic (exact) mass is 526 g/mol. The van der Waals surface area contributed by atoms with Crippen LogP contribution in [0.25, 0.3) is 0 Å². The third-order valence-corrected chi connectivity index (χ3v) is 8.66. The summed E-state index contributed by atoms with van der Waals surface area (Å²) in [5.74, 6) is -2.57. The van der Waals surface area contributed by atoms with Gasteiger partial charge in [0.25, 0.3) is 16.0 Å². The molecule has 3 heterocycles. The van der Waals surface area contributed by atoms with Gasteiger partial charge >= 0.3 is 5.97 Å². The minimum atomic E-state index is -4.83. The Balaban J connectivity index is 1.52. The van der Waals surface area contributed by atoms with Crippen molar-refractivity contribution < 1.29 is 32.5 Å². The van der Waals surface area contributed by atoms with Crippen molar-refractivity contribution in [3.63, 3.8) is 0 Å². The fourth-order valence-corrected chi connectivity index (χ4v) is 6.78. The quantitative estimate of drug-likeness (QED) is 0.231. The van der Waals surface area contributed by atoms with Crippen LogP contribution < -0.4 is 5.32 Å². The van der Waals surface area contributed by atoms with Crippen LogP contribution in [-0.2, 0) is 31.5 Å². The number of carbonyl (C=O) groups is 3. The molecule has 13 nitrogen and oxygen atoms in total. The molecule has 1 saturated heterocycles. The van der Waals surface area contributed by atoms with Crippen molar-refractivity contribution in [1.82, 2.24) is 30.4 Å². The molecule has 4 rings (SSSR count). The first-order valence-corrected chi connectivity index (χ1v) is 13.2. The molecule has 16 heteroatoms. The number of rotatable bonds is 8. The number of aromatic nitrogens is 4. The highest BCUT2D eigenvalue weighted by atomic mass is 32.2.